The quantitative estimate of drug-likeness (QED) is 0.834. The number of nitrogens with zero attached hydrogens (tertiary/aromatic N) is 2. The highest BCUT2D eigenvalue weighted by Gasteiger charge is 2.19. The Hall–Kier alpha value is -1.38. The van der Waals surface area contributed by atoms with Gasteiger partial charge in [0.2, 0.25) is 5.91 Å². The van der Waals surface area contributed by atoms with E-state index in [1.54, 1.807) is 0 Å². The van der Waals surface area contributed by atoms with Crippen LogP contribution in [-0.4, -0.2) is 28.9 Å². The van der Waals surface area contributed by atoms with Crippen molar-refractivity contribution in [3.05, 3.63) is 29.6 Å². The zero-order chi connectivity index (χ0) is 13.9. The van der Waals surface area contributed by atoms with Crippen molar-refractivity contribution < 1.29 is 4.79 Å². The molecule has 0 unspecified atom stereocenters. The van der Waals surface area contributed by atoms with Gasteiger partial charge in [-0.05, 0) is 35.8 Å². The van der Waals surface area contributed by atoms with Crippen molar-refractivity contribution in [1.29, 1.82) is 0 Å². The summed E-state index contributed by atoms with van der Waals surface area (Å²) in [5.74, 6) is 0.321. The SMILES string of the molecule is CC(C)(C)c1cncc(CCCN2CCCC2=O)c1. The highest BCUT2D eigenvalue weighted by molar-refractivity contribution is 5.77. The van der Waals surface area contributed by atoms with Gasteiger partial charge in [-0.1, -0.05) is 26.8 Å². The van der Waals surface area contributed by atoms with Crippen LogP contribution in [0.2, 0.25) is 0 Å². The second kappa shape index (κ2) is 5.72. The van der Waals surface area contributed by atoms with E-state index in [1.165, 1.54) is 11.1 Å². The molecule has 1 aliphatic heterocycles. The van der Waals surface area contributed by atoms with Gasteiger partial charge in [-0.25, -0.2) is 0 Å². The van der Waals surface area contributed by atoms with E-state index in [4.69, 9.17) is 0 Å². The van der Waals surface area contributed by atoms with Gasteiger partial charge in [0.15, 0.2) is 0 Å². The predicted molar refractivity (Wildman–Crippen MR) is 77.1 cm³/mol. The van der Waals surface area contributed by atoms with Gasteiger partial charge in [0, 0.05) is 31.9 Å². The van der Waals surface area contributed by atoms with E-state index in [0.717, 1.165) is 38.8 Å². The number of pyridine rings is 1. The van der Waals surface area contributed by atoms with Crippen LogP contribution in [-0.2, 0) is 16.6 Å². The summed E-state index contributed by atoms with van der Waals surface area (Å²) in [6.45, 7) is 8.45. The van der Waals surface area contributed by atoms with Crippen molar-refractivity contribution in [2.24, 2.45) is 0 Å². The van der Waals surface area contributed by atoms with Gasteiger partial charge in [-0.2, -0.15) is 0 Å². The van der Waals surface area contributed by atoms with Gasteiger partial charge in [0.1, 0.15) is 0 Å². The molecule has 2 heterocycles. The topological polar surface area (TPSA) is 33.2 Å². The van der Waals surface area contributed by atoms with Crippen molar-refractivity contribution in [2.75, 3.05) is 13.1 Å². The first-order valence-electron chi connectivity index (χ1n) is 7.19. The minimum atomic E-state index is 0.147. The molecule has 3 nitrogen and oxygen atoms in total. The third-order valence-corrected chi connectivity index (χ3v) is 3.73. The maximum Gasteiger partial charge on any atom is 0.222 e. The van der Waals surface area contributed by atoms with Crippen molar-refractivity contribution in [3.8, 4) is 0 Å². The van der Waals surface area contributed by atoms with Gasteiger partial charge in [-0.15, -0.1) is 0 Å². The molecule has 0 saturated carbocycles. The van der Waals surface area contributed by atoms with E-state index in [9.17, 15) is 4.79 Å². The summed E-state index contributed by atoms with van der Waals surface area (Å²) in [7, 11) is 0. The van der Waals surface area contributed by atoms with Crippen LogP contribution in [0.5, 0.6) is 0 Å². The zero-order valence-corrected chi connectivity index (χ0v) is 12.3. The Bertz CT molecular complexity index is 448. The third kappa shape index (κ3) is 3.79. The molecular weight excluding hydrogens is 236 g/mol. The minimum absolute atomic E-state index is 0.147. The average molecular weight is 260 g/mol. The van der Waals surface area contributed by atoms with Crippen LogP contribution in [0.4, 0.5) is 0 Å². The summed E-state index contributed by atoms with van der Waals surface area (Å²) in [4.78, 5) is 17.8. The van der Waals surface area contributed by atoms with Crippen molar-refractivity contribution >= 4 is 5.91 Å². The maximum absolute atomic E-state index is 11.5. The molecule has 1 aliphatic rings. The molecule has 0 radical (unpaired) electrons. The molecule has 1 aromatic heterocycles. The number of aryl methyl sites for hydroxylation is 1. The Labute approximate surface area is 116 Å². The smallest absolute Gasteiger partial charge is 0.222 e. The lowest BCUT2D eigenvalue weighted by molar-refractivity contribution is -0.127. The predicted octanol–water partition coefficient (Wildman–Crippen LogP) is 2.93. The minimum Gasteiger partial charge on any atom is -0.343 e. The lowest BCUT2D eigenvalue weighted by Crippen LogP contribution is -2.25. The second-order valence-corrected chi connectivity index (χ2v) is 6.42. The zero-order valence-electron chi connectivity index (χ0n) is 12.3. The molecule has 1 amide bonds. The number of hydrogen-bond acceptors (Lipinski definition) is 2. The molecule has 1 saturated heterocycles. The molecule has 19 heavy (non-hydrogen) atoms. The normalized spacial score (nSPS) is 16.2. The van der Waals surface area contributed by atoms with Crippen LogP contribution in [0.1, 0.15) is 51.2 Å². The standard InChI is InChI=1S/C16H24N2O/c1-16(2,3)14-10-13(11-17-12-14)6-4-8-18-9-5-7-15(18)19/h10-12H,4-9H2,1-3H3. The van der Waals surface area contributed by atoms with Crippen LogP contribution in [0.15, 0.2) is 18.5 Å². The third-order valence-electron chi connectivity index (χ3n) is 3.73. The van der Waals surface area contributed by atoms with Crippen LogP contribution < -0.4 is 0 Å². The summed E-state index contributed by atoms with van der Waals surface area (Å²) >= 11 is 0. The van der Waals surface area contributed by atoms with E-state index < -0.39 is 0 Å². The average Bonchev–Trinajstić information content (AvgIpc) is 2.75. The Kier molecular flexibility index (Phi) is 4.23. The largest absolute Gasteiger partial charge is 0.343 e. The van der Waals surface area contributed by atoms with E-state index in [2.05, 4.69) is 31.8 Å². The van der Waals surface area contributed by atoms with Gasteiger partial charge in [0.05, 0.1) is 0 Å². The fraction of sp³-hybridized carbons (Fsp3) is 0.625. The van der Waals surface area contributed by atoms with E-state index in [-0.39, 0.29) is 5.41 Å². The molecule has 104 valence electrons. The van der Waals surface area contributed by atoms with Crippen molar-refractivity contribution in [2.45, 2.75) is 51.9 Å². The number of aromatic nitrogens is 1. The first-order chi connectivity index (χ1) is 8.97. The highest BCUT2D eigenvalue weighted by atomic mass is 16.2. The van der Waals surface area contributed by atoms with Crippen molar-refractivity contribution in [1.82, 2.24) is 9.88 Å². The lowest BCUT2D eigenvalue weighted by atomic mass is 9.87. The summed E-state index contributed by atoms with van der Waals surface area (Å²) in [6, 6.07) is 2.25. The Morgan fingerprint density at radius 2 is 2.11 bits per heavy atom. The van der Waals surface area contributed by atoms with Crippen LogP contribution in [0, 0.1) is 0 Å². The molecule has 0 N–H and O–H groups in total. The van der Waals surface area contributed by atoms with E-state index in [1.807, 2.05) is 17.3 Å². The van der Waals surface area contributed by atoms with Gasteiger partial charge >= 0.3 is 0 Å². The molecule has 3 heteroatoms. The van der Waals surface area contributed by atoms with E-state index >= 15 is 0 Å². The molecule has 0 aromatic carbocycles. The summed E-state index contributed by atoms with van der Waals surface area (Å²) in [6.07, 6.45) is 7.69. The van der Waals surface area contributed by atoms with Crippen LogP contribution in [0.25, 0.3) is 0 Å². The molecular formula is C16H24N2O. The molecule has 2 rings (SSSR count). The molecule has 1 fully saturated rings. The summed E-state index contributed by atoms with van der Waals surface area (Å²) in [5, 5.41) is 0. The highest BCUT2D eigenvalue weighted by Crippen LogP contribution is 2.22. The molecule has 0 aliphatic carbocycles. The Balaban J connectivity index is 1.87. The maximum atomic E-state index is 11.5. The summed E-state index contributed by atoms with van der Waals surface area (Å²) < 4.78 is 0. The fourth-order valence-electron chi connectivity index (χ4n) is 2.45. The molecule has 1 aromatic rings. The first kappa shape index (κ1) is 14.0. The monoisotopic (exact) mass is 260 g/mol. The lowest BCUT2D eigenvalue weighted by Gasteiger charge is -2.19. The molecule has 0 spiro atoms. The molecule has 0 atom stereocenters. The second-order valence-electron chi connectivity index (χ2n) is 6.42. The number of likely N-dealkylation sites (tertiary alicyclic amines) is 1. The van der Waals surface area contributed by atoms with Gasteiger partial charge < -0.3 is 4.90 Å². The molecule has 0 bridgehead atoms. The summed E-state index contributed by atoms with van der Waals surface area (Å²) in [5.41, 5.74) is 2.70. The fourth-order valence-corrected chi connectivity index (χ4v) is 2.45. The van der Waals surface area contributed by atoms with Gasteiger partial charge in [0.25, 0.3) is 0 Å². The first-order valence-corrected chi connectivity index (χ1v) is 7.19. The number of hydrogen-bond donors (Lipinski definition) is 0. The number of rotatable bonds is 4. The number of amides is 1. The Morgan fingerprint density at radius 3 is 2.74 bits per heavy atom. The van der Waals surface area contributed by atoms with Crippen LogP contribution >= 0.6 is 0 Å². The van der Waals surface area contributed by atoms with E-state index in [0.29, 0.717) is 5.91 Å². The number of carbonyl (C=O) groups excluding carboxylic acids is 1. The van der Waals surface area contributed by atoms with Crippen LogP contribution in [0.3, 0.4) is 0 Å². The van der Waals surface area contributed by atoms with Crippen molar-refractivity contribution in [3.63, 3.8) is 0 Å². The Morgan fingerprint density at radius 1 is 1.32 bits per heavy atom. The van der Waals surface area contributed by atoms with Gasteiger partial charge in [-0.3, -0.25) is 9.78 Å². The number of carbonyl (C=O) groups is 1.